The molecule has 0 aliphatic rings. The van der Waals surface area contributed by atoms with Crippen LogP contribution in [0.1, 0.15) is 31.2 Å². The summed E-state index contributed by atoms with van der Waals surface area (Å²) in [4.78, 5) is 11.6. The van der Waals surface area contributed by atoms with E-state index in [1.54, 1.807) is 4.57 Å². The summed E-state index contributed by atoms with van der Waals surface area (Å²) in [6.07, 6.45) is 0.905. The van der Waals surface area contributed by atoms with Gasteiger partial charge in [-0.3, -0.25) is 4.57 Å². The average Bonchev–Trinajstić information content (AvgIpc) is 2.55. The molecule has 0 saturated heterocycles. The van der Waals surface area contributed by atoms with Crippen LogP contribution in [-0.2, 0) is 6.54 Å². The lowest BCUT2D eigenvalue weighted by Crippen LogP contribution is -2.13. The van der Waals surface area contributed by atoms with E-state index in [0.29, 0.717) is 12.1 Å². The Morgan fingerprint density at radius 3 is 2.88 bits per heavy atom. The summed E-state index contributed by atoms with van der Waals surface area (Å²) in [5.41, 5.74) is 2.42. The summed E-state index contributed by atoms with van der Waals surface area (Å²) in [5.74, 6) is -0.295. The Morgan fingerprint density at radius 2 is 2.25 bits per heavy atom. The van der Waals surface area contributed by atoms with Crippen LogP contribution in [0.2, 0.25) is 0 Å². The number of aromatic nitrogens is 1. The number of aryl methyl sites for hydroxylation is 1. The van der Waals surface area contributed by atoms with Crippen molar-refractivity contribution in [3.8, 4) is 0 Å². The maximum Gasteiger partial charge on any atom is 0.419 e. The second-order valence-corrected chi connectivity index (χ2v) is 4.52. The van der Waals surface area contributed by atoms with Gasteiger partial charge in [0.2, 0.25) is 0 Å². The molecule has 0 N–H and O–H groups in total. The lowest BCUT2D eigenvalue weighted by molar-refractivity contribution is 0.502. The molecule has 1 aromatic heterocycles. The number of rotatable bonds is 3. The zero-order chi connectivity index (χ0) is 11.7. The third kappa shape index (κ3) is 1.87. The van der Waals surface area contributed by atoms with Crippen LogP contribution in [0.25, 0.3) is 11.1 Å². The average molecular weight is 240 g/mol. The molecule has 4 heteroatoms. The Hall–Kier alpha value is -1.22. The Morgan fingerprint density at radius 1 is 1.50 bits per heavy atom. The molecule has 86 valence electrons. The van der Waals surface area contributed by atoms with E-state index in [9.17, 15) is 4.79 Å². The van der Waals surface area contributed by atoms with Crippen LogP contribution in [0.4, 0.5) is 0 Å². The molecule has 1 atom stereocenters. The minimum Gasteiger partial charge on any atom is -0.408 e. The summed E-state index contributed by atoms with van der Waals surface area (Å²) in [6.45, 7) is 4.60. The Labute approximate surface area is 98.6 Å². The van der Waals surface area contributed by atoms with E-state index in [0.717, 1.165) is 17.5 Å². The molecule has 0 aliphatic carbocycles. The first-order chi connectivity index (χ1) is 7.63. The van der Waals surface area contributed by atoms with Gasteiger partial charge >= 0.3 is 5.76 Å². The van der Waals surface area contributed by atoms with E-state index in [4.69, 9.17) is 16.0 Å². The number of nitrogens with zero attached hydrogens (tertiary/aromatic N) is 1. The van der Waals surface area contributed by atoms with Gasteiger partial charge in [-0.25, -0.2) is 4.79 Å². The Bertz CT molecular complexity index is 554. The summed E-state index contributed by atoms with van der Waals surface area (Å²) in [6, 6.07) is 5.66. The van der Waals surface area contributed by atoms with Crippen LogP contribution in [0.5, 0.6) is 0 Å². The third-order valence-electron chi connectivity index (χ3n) is 2.60. The van der Waals surface area contributed by atoms with Crippen LogP contribution in [0.15, 0.2) is 27.4 Å². The molecular formula is C12H14ClNO2. The fourth-order valence-corrected chi connectivity index (χ4v) is 1.90. The molecule has 0 bridgehead atoms. The zero-order valence-corrected chi connectivity index (χ0v) is 10.1. The van der Waals surface area contributed by atoms with E-state index in [2.05, 4.69) is 0 Å². The van der Waals surface area contributed by atoms with Gasteiger partial charge in [-0.2, -0.15) is 0 Å². The number of hydrogen-bond donors (Lipinski definition) is 0. The molecule has 2 rings (SSSR count). The first-order valence-corrected chi connectivity index (χ1v) is 5.84. The standard InChI is InChI=1S/C12H14ClNO2/c1-3-6-14-10-5-4-9(8(2)13)7-11(10)16-12(14)15/h4-5,7-8H,3,6H2,1-2H3. The number of alkyl halides is 1. The van der Waals surface area contributed by atoms with Gasteiger partial charge in [0.05, 0.1) is 10.9 Å². The first kappa shape index (κ1) is 11.3. The van der Waals surface area contributed by atoms with Gasteiger partial charge in [0.1, 0.15) is 0 Å². The first-order valence-electron chi connectivity index (χ1n) is 5.41. The lowest BCUT2D eigenvalue weighted by atomic mass is 10.1. The van der Waals surface area contributed by atoms with Gasteiger partial charge in [0.15, 0.2) is 5.58 Å². The van der Waals surface area contributed by atoms with Crippen LogP contribution in [-0.4, -0.2) is 4.57 Å². The topological polar surface area (TPSA) is 35.1 Å². The van der Waals surface area contributed by atoms with Crippen molar-refractivity contribution in [2.24, 2.45) is 0 Å². The van der Waals surface area contributed by atoms with Gasteiger partial charge in [-0.15, -0.1) is 11.6 Å². The van der Waals surface area contributed by atoms with Crippen LogP contribution >= 0.6 is 11.6 Å². The minimum absolute atomic E-state index is 0.0794. The third-order valence-corrected chi connectivity index (χ3v) is 2.85. The Kier molecular flexibility index (Phi) is 3.06. The fourth-order valence-electron chi connectivity index (χ4n) is 1.77. The monoisotopic (exact) mass is 239 g/mol. The van der Waals surface area contributed by atoms with Crippen LogP contribution in [0.3, 0.4) is 0 Å². The van der Waals surface area contributed by atoms with E-state index in [1.165, 1.54) is 0 Å². The van der Waals surface area contributed by atoms with Crippen molar-refractivity contribution in [2.75, 3.05) is 0 Å². The summed E-state index contributed by atoms with van der Waals surface area (Å²) >= 11 is 5.98. The number of fused-ring (bicyclic) bond motifs is 1. The largest absolute Gasteiger partial charge is 0.419 e. The molecule has 0 amide bonds. The summed E-state index contributed by atoms with van der Waals surface area (Å²) in [5, 5.41) is -0.0794. The molecular weight excluding hydrogens is 226 g/mol. The molecule has 2 aromatic rings. The highest BCUT2D eigenvalue weighted by Gasteiger charge is 2.10. The second kappa shape index (κ2) is 4.34. The summed E-state index contributed by atoms with van der Waals surface area (Å²) in [7, 11) is 0. The molecule has 0 spiro atoms. The molecule has 3 nitrogen and oxygen atoms in total. The van der Waals surface area contributed by atoms with E-state index in [1.807, 2.05) is 32.0 Å². The van der Waals surface area contributed by atoms with Crippen LogP contribution in [0, 0.1) is 0 Å². The lowest BCUT2D eigenvalue weighted by Gasteiger charge is -2.03. The molecule has 0 aliphatic heterocycles. The zero-order valence-electron chi connectivity index (χ0n) is 9.37. The SMILES string of the molecule is CCCn1c(=O)oc2cc(C(C)Cl)ccc21. The molecule has 0 radical (unpaired) electrons. The number of halogens is 1. The van der Waals surface area contributed by atoms with E-state index in [-0.39, 0.29) is 11.1 Å². The molecule has 0 saturated carbocycles. The van der Waals surface area contributed by atoms with Crippen molar-refractivity contribution in [2.45, 2.75) is 32.2 Å². The van der Waals surface area contributed by atoms with E-state index >= 15 is 0 Å². The van der Waals surface area contributed by atoms with Gasteiger partial charge in [-0.05, 0) is 31.0 Å². The molecule has 0 fully saturated rings. The minimum atomic E-state index is -0.295. The maximum absolute atomic E-state index is 11.6. The summed E-state index contributed by atoms with van der Waals surface area (Å²) < 4.78 is 6.84. The highest BCUT2D eigenvalue weighted by molar-refractivity contribution is 6.20. The van der Waals surface area contributed by atoms with E-state index < -0.39 is 0 Å². The fraction of sp³-hybridized carbons (Fsp3) is 0.417. The van der Waals surface area contributed by atoms with Gasteiger partial charge in [0.25, 0.3) is 0 Å². The van der Waals surface area contributed by atoms with Crippen molar-refractivity contribution in [1.82, 2.24) is 4.57 Å². The van der Waals surface area contributed by atoms with Crippen molar-refractivity contribution in [3.05, 3.63) is 34.3 Å². The highest BCUT2D eigenvalue weighted by atomic mass is 35.5. The quantitative estimate of drug-likeness (QED) is 0.771. The van der Waals surface area contributed by atoms with Crippen molar-refractivity contribution in [3.63, 3.8) is 0 Å². The maximum atomic E-state index is 11.6. The second-order valence-electron chi connectivity index (χ2n) is 3.86. The smallest absolute Gasteiger partial charge is 0.408 e. The predicted octanol–water partition coefficient (Wildman–Crippen LogP) is 3.30. The van der Waals surface area contributed by atoms with Gasteiger partial charge in [0, 0.05) is 6.54 Å². The number of hydrogen-bond acceptors (Lipinski definition) is 2. The van der Waals surface area contributed by atoms with Crippen LogP contribution < -0.4 is 5.76 Å². The Balaban J connectivity index is 2.60. The van der Waals surface area contributed by atoms with Crippen molar-refractivity contribution in [1.29, 1.82) is 0 Å². The highest BCUT2D eigenvalue weighted by Crippen LogP contribution is 2.23. The van der Waals surface area contributed by atoms with Gasteiger partial charge < -0.3 is 4.42 Å². The van der Waals surface area contributed by atoms with Crippen molar-refractivity contribution >= 4 is 22.7 Å². The molecule has 16 heavy (non-hydrogen) atoms. The van der Waals surface area contributed by atoms with Gasteiger partial charge in [-0.1, -0.05) is 13.0 Å². The molecule has 1 unspecified atom stereocenters. The van der Waals surface area contributed by atoms with Crippen molar-refractivity contribution < 1.29 is 4.42 Å². The normalized spacial score (nSPS) is 13.2. The number of benzene rings is 1. The molecule has 1 aromatic carbocycles. The number of oxazole rings is 1. The molecule has 1 heterocycles. The predicted molar refractivity (Wildman–Crippen MR) is 65.0 cm³/mol.